The summed E-state index contributed by atoms with van der Waals surface area (Å²) in [4.78, 5) is 13.3. The van der Waals surface area contributed by atoms with Crippen LogP contribution in [0.1, 0.15) is 25.7 Å². The van der Waals surface area contributed by atoms with Gasteiger partial charge in [0.05, 0.1) is 12.6 Å². The van der Waals surface area contributed by atoms with Crippen LogP contribution < -0.4 is 5.32 Å². The molecule has 1 saturated carbocycles. The minimum atomic E-state index is 0.0130. The van der Waals surface area contributed by atoms with Crippen LogP contribution in [-0.4, -0.2) is 41.3 Å². The minimum Gasteiger partial charge on any atom is -0.394 e. The molecule has 1 atom stereocenters. The number of urea groups is 1. The lowest BCUT2D eigenvalue weighted by Gasteiger charge is -2.23. The highest BCUT2D eigenvalue weighted by atomic mass is 16.3. The second-order valence-electron chi connectivity index (χ2n) is 3.90. The van der Waals surface area contributed by atoms with Crippen molar-refractivity contribution in [1.29, 1.82) is 0 Å². The zero-order valence-corrected chi connectivity index (χ0v) is 7.70. The van der Waals surface area contributed by atoms with Gasteiger partial charge in [-0.2, -0.15) is 0 Å². The molecule has 74 valence electrons. The van der Waals surface area contributed by atoms with Crippen LogP contribution in [-0.2, 0) is 0 Å². The molecule has 1 heterocycles. The van der Waals surface area contributed by atoms with E-state index < -0.39 is 0 Å². The van der Waals surface area contributed by atoms with Gasteiger partial charge in [-0.3, -0.25) is 0 Å². The largest absolute Gasteiger partial charge is 0.394 e. The number of nitrogens with zero attached hydrogens (tertiary/aromatic N) is 1. The van der Waals surface area contributed by atoms with E-state index in [1.807, 2.05) is 0 Å². The lowest BCUT2D eigenvalue weighted by atomic mass is 10.2. The number of aliphatic hydroxyl groups excluding tert-OH is 1. The Labute approximate surface area is 77.9 Å². The molecule has 2 N–H and O–H groups in total. The third kappa shape index (κ3) is 1.94. The quantitative estimate of drug-likeness (QED) is 0.649. The summed E-state index contributed by atoms with van der Waals surface area (Å²) in [5.74, 6) is 0. The van der Waals surface area contributed by atoms with Crippen molar-refractivity contribution in [2.45, 2.75) is 37.8 Å². The first-order valence-electron chi connectivity index (χ1n) is 4.99. The number of nitrogens with one attached hydrogen (secondary N) is 1. The number of likely N-dealkylation sites (tertiary alicyclic amines) is 1. The second kappa shape index (κ2) is 3.54. The van der Waals surface area contributed by atoms with E-state index in [9.17, 15) is 4.79 Å². The maximum absolute atomic E-state index is 11.6. The maximum atomic E-state index is 11.6. The lowest BCUT2D eigenvalue weighted by molar-refractivity contribution is 0.157. The van der Waals surface area contributed by atoms with Crippen LogP contribution in [0.15, 0.2) is 0 Å². The van der Waals surface area contributed by atoms with Gasteiger partial charge in [0.25, 0.3) is 0 Å². The van der Waals surface area contributed by atoms with E-state index >= 15 is 0 Å². The van der Waals surface area contributed by atoms with Gasteiger partial charge in [0.1, 0.15) is 0 Å². The molecule has 2 fully saturated rings. The van der Waals surface area contributed by atoms with Crippen LogP contribution in [0.5, 0.6) is 0 Å². The van der Waals surface area contributed by atoms with Crippen LogP contribution >= 0.6 is 0 Å². The van der Waals surface area contributed by atoms with Crippen molar-refractivity contribution in [1.82, 2.24) is 10.2 Å². The van der Waals surface area contributed by atoms with Crippen molar-refractivity contribution < 1.29 is 9.90 Å². The predicted molar refractivity (Wildman–Crippen MR) is 48.4 cm³/mol. The SMILES string of the molecule is O=C(NC1CC1)N1CCC[C@H]1CO. The molecule has 4 nitrogen and oxygen atoms in total. The van der Waals surface area contributed by atoms with Crippen molar-refractivity contribution in [3.8, 4) is 0 Å². The van der Waals surface area contributed by atoms with Gasteiger partial charge in [0.15, 0.2) is 0 Å². The smallest absolute Gasteiger partial charge is 0.317 e. The fourth-order valence-electron chi connectivity index (χ4n) is 1.78. The average Bonchev–Trinajstić information content (AvgIpc) is 2.82. The number of carbonyl (C=O) groups is 1. The van der Waals surface area contributed by atoms with Gasteiger partial charge in [-0.15, -0.1) is 0 Å². The van der Waals surface area contributed by atoms with E-state index in [2.05, 4.69) is 5.32 Å². The van der Waals surface area contributed by atoms with E-state index in [-0.39, 0.29) is 18.7 Å². The molecule has 4 heteroatoms. The van der Waals surface area contributed by atoms with Crippen molar-refractivity contribution >= 4 is 6.03 Å². The lowest BCUT2D eigenvalue weighted by Crippen LogP contribution is -2.44. The van der Waals surface area contributed by atoms with Crippen molar-refractivity contribution in [2.24, 2.45) is 0 Å². The fourth-order valence-corrected chi connectivity index (χ4v) is 1.78. The maximum Gasteiger partial charge on any atom is 0.317 e. The first-order valence-corrected chi connectivity index (χ1v) is 4.99. The molecule has 0 aromatic rings. The first-order chi connectivity index (χ1) is 6.31. The van der Waals surface area contributed by atoms with E-state index in [0.717, 1.165) is 32.2 Å². The van der Waals surface area contributed by atoms with Gasteiger partial charge in [0.2, 0.25) is 0 Å². The van der Waals surface area contributed by atoms with Gasteiger partial charge in [-0.1, -0.05) is 0 Å². The summed E-state index contributed by atoms with van der Waals surface area (Å²) in [6.07, 6.45) is 4.19. The van der Waals surface area contributed by atoms with E-state index in [1.165, 1.54) is 0 Å². The molecule has 1 aliphatic carbocycles. The third-order valence-corrected chi connectivity index (χ3v) is 2.75. The topological polar surface area (TPSA) is 52.6 Å². The number of hydrogen-bond acceptors (Lipinski definition) is 2. The van der Waals surface area contributed by atoms with Gasteiger partial charge in [-0.25, -0.2) is 4.79 Å². The van der Waals surface area contributed by atoms with Crippen LogP contribution in [0.2, 0.25) is 0 Å². The Morgan fingerprint density at radius 1 is 1.46 bits per heavy atom. The molecule has 2 aliphatic rings. The Balaban J connectivity index is 1.86. The molecule has 2 amide bonds. The Hall–Kier alpha value is -0.770. The summed E-state index contributed by atoms with van der Waals surface area (Å²) in [7, 11) is 0. The van der Waals surface area contributed by atoms with Gasteiger partial charge >= 0.3 is 6.03 Å². The fraction of sp³-hybridized carbons (Fsp3) is 0.889. The zero-order valence-electron chi connectivity index (χ0n) is 7.70. The highest BCUT2D eigenvalue weighted by Crippen LogP contribution is 2.21. The van der Waals surface area contributed by atoms with Crippen LogP contribution in [0.25, 0.3) is 0 Å². The molecule has 0 spiro atoms. The molecular formula is C9H16N2O2. The van der Waals surface area contributed by atoms with E-state index in [1.54, 1.807) is 4.90 Å². The predicted octanol–water partition coefficient (Wildman–Crippen LogP) is 0.315. The summed E-state index contributed by atoms with van der Waals surface area (Å²) >= 11 is 0. The first kappa shape index (κ1) is 8.81. The summed E-state index contributed by atoms with van der Waals surface area (Å²) in [6.45, 7) is 0.891. The Bertz CT molecular complexity index is 204. The van der Waals surface area contributed by atoms with Crippen LogP contribution in [0, 0.1) is 0 Å². The van der Waals surface area contributed by atoms with E-state index in [4.69, 9.17) is 5.11 Å². The monoisotopic (exact) mass is 184 g/mol. The molecule has 1 saturated heterocycles. The normalized spacial score (nSPS) is 27.8. The zero-order chi connectivity index (χ0) is 9.26. The third-order valence-electron chi connectivity index (χ3n) is 2.75. The summed E-state index contributed by atoms with van der Waals surface area (Å²) in [6, 6.07) is 0.477. The standard InChI is InChI=1S/C9H16N2O2/c12-6-8-2-1-5-11(8)9(13)10-7-3-4-7/h7-8,12H,1-6H2,(H,10,13)/t8-/m0/s1. The molecule has 2 rings (SSSR count). The highest BCUT2D eigenvalue weighted by Gasteiger charge is 2.31. The number of carbonyl (C=O) groups excluding carboxylic acids is 1. The van der Waals surface area contributed by atoms with Crippen LogP contribution in [0.4, 0.5) is 4.79 Å². The molecule has 0 bridgehead atoms. The van der Waals surface area contributed by atoms with Gasteiger partial charge < -0.3 is 15.3 Å². The minimum absolute atomic E-state index is 0.0130. The Kier molecular flexibility index (Phi) is 2.40. The van der Waals surface area contributed by atoms with Gasteiger partial charge in [0, 0.05) is 12.6 Å². The molecular weight excluding hydrogens is 168 g/mol. The summed E-state index contributed by atoms with van der Waals surface area (Å²) in [5, 5.41) is 11.9. The van der Waals surface area contributed by atoms with Crippen molar-refractivity contribution in [3.63, 3.8) is 0 Å². The Morgan fingerprint density at radius 2 is 2.23 bits per heavy atom. The summed E-state index contributed by atoms with van der Waals surface area (Å²) < 4.78 is 0. The number of rotatable bonds is 2. The van der Waals surface area contributed by atoms with Gasteiger partial charge in [-0.05, 0) is 25.7 Å². The van der Waals surface area contributed by atoms with E-state index in [0.29, 0.717) is 6.04 Å². The number of aliphatic hydroxyl groups is 1. The molecule has 0 aromatic carbocycles. The number of amides is 2. The number of hydrogen-bond donors (Lipinski definition) is 2. The van der Waals surface area contributed by atoms with Crippen molar-refractivity contribution in [3.05, 3.63) is 0 Å². The molecule has 1 aliphatic heterocycles. The average molecular weight is 184 g/mol. The summed E-state index contributed by atoms with van der Waals surface area (Å²) in [5.41, 5.74) is 0. The molecule has 0 radical (unpaired) electrons. The highest BCUT2D eigenvalue weighted by molar-refractivity contribution is 5.75. The molecule has 0 aromatic heterocycles. The molecule has 13 heavy (non-hydrogen) atoms. The second-order valence-corrected chi connectivity index (χ2v) is 3.90. The molecule has 0 unspecified atom stereocenters. The van der Waals surface area contributed by atoms with Crippen LogP contribution in [0.3, 0.4) is 0 Å². The van der Waals surface area contributed by atoms with Crippen molar-refractivity contribution in [2.75, 3.05) is 13.2 Å². The Morgan fingerprint density at radius 3 is 2.85 bits per heavy atom.